The number of alkyl halides is 1. The van der Waals surface area contributed by atoms with Crippen molar-refractivity contribution in [2.75, 3.05) is 6.61 Å². The number of carbonyl (C=O) groups is 3. The monoisotopic (exact) mass is 638 g/mol. The summed E-state index contributed by atoms with van der Waals surface area (Å²) in [6, 6.07) is 12.5. The number of benzene rings is 2. The van der Waals surface area contributed by atoms with Crippen LogP contribution in [0.5, 0.6) is 5.75 Å². The van der Waals surface area contributed by atoms with Crippen LogP contribution < -0.4 is 9.61 Å². The van der Waals surface area contributed by atoms with E-state index in [1.807, 2.05) is 6.07 Å². The van der Waals surface area contributed by atoms with Gasteiger partial charge in [0, 0.05) is 11.2 Å². The number of halogens is 2. The number of ketones is 1. The van der Waals surface area contributed by atoms with E-state index in [0.717, 1.165) is 35.2 Å². The van der Waals surface area contributed by atoms with Gasteiger partial charge in [-0.1, -0.05) is 35.9 Å². The number of allylic oxidation sites excluding steroid dienone is 1. The maximum atomic E-state index is 15.7. The number of hydrogen-bond donors (Lipinski definition) is 2. The Bertz CT molecular complexity index is 1440. The van der Waals surface area contributed by atoms with Crippen LogP contribution in [0.3, 0.4) is 0 Å². The predicted molar refractivity (Wildman–Crippen MR) is 155 cm³/mol. The van der Waals surface area contributed by atoms with Crippen molar-refractivity contribution in [3.8, 4) is 16.9 Å². The largest absolute Gasteiger partial charge is 0.462 e. The number of nitrogens with zero attached hydrogens (tertiary/aromatic N) is 1. The highest BCUT2D eigenvalue weighted by Gasteiger charge is 2.57. The van der Waals surface area contributed by atoms with Gasteiger partial charge in [-0.15, -0.1) is 0 Å². The number of nitrogens with one attached hydrogen (secondary N) is 1. The van der Waals surface area contributed by atoms with Crippen LogP contribution in [0.25, 0.3) is 11.1 Å². The van der Waals surface area contributed by atoms with E-state index in [0.29, 0.717) is 5.02 Å². The Balaban J connectivity index is 1.53. The Morgan fingerprint density at radius 2 is 1.91 bits per heavy atom. The normalized spacial score (nSPS) is 26.0. The van der Waals surface area contributed by atoms with Crippen molar-refractivity contribution in [2.45, 2.75) is 70.4 Å². The van der Waals surface area contributed by atoms with Crippen molar-refractivity contribution in [1.29, 1.82) is 0 Å². The van der Waals surface area contributed by atoms with Crippen molar-refractivity contribution < 1.29 is 47.0 Å². The van der Waals surface area contributed by atoms with Crippen LogP contribution in [-0.4, -0.2) is 70.5 Å². The maximum Gasteiger partial charge on any atom is 0.459 e. The molecule has 2 aliphatic heterocycles. The first-order valence-corrected chi connectivity index (χ1v) is 15.4. The van der Waals surface area contributed by atoms with Gasteiger partial charge in [-0.05, 0) is 69.2 Å². The smallest absolute Gasteiger partial charge is 0.459 e. The number of ether oxygens (including phenoxy) is 2. The zero-order valence-corrected chi connectivity index (χ0v) is 25.6. The third-order valence-corrected chi connectivity index (χ3v) is 8.59. The lowest BCUT2D eigenvalue weighted by atomic mass is 9.97. The summed E-state index contributed by atoms with van der Waals surface area (Å²) in [7, 11) is -4.41. The van der Waals surface area contributed by atoms with Gasteiger partial charge in [-0.25, -0.2) is 8.96 Å². The standard InChI is InChI=1S/C29H33ClFN2O9P/c1-17(2)40-27(37)18(3)32-43(38,42-23-10-8-19(9-11-23)20-6-5-7-21(30)14-20)39-16-24-26(36)29(4,31)28(41-24)33-13-12-22(34)15-25(33)35/h5-14,17-18,24,26,28,36H,15-16H2,1-4H3,(H,32,38)/t18-,24+,26+,28+,29+,43?/m0/s1. The molecule has 0 saturated carbocycles. The summed E-state index contributed by atoms with van der Waals surface area (Å²) in [5.41, 5.74) is -0.840. The summed E-state index contributed by atoms with van der Waals surface area (Å²) in [6.07, 6.45) is -3.52. The van der Waals surface area contributed by atoms with Gasteiger partial charge in [0.2, 0.25) is 5.91 Å². The molecule has 1 saturated heterocycles. The number of hydrogen-bond acceptors (Lipinski definition) is 9. The van der Waals surface area contributed by atoms with Gasteiger partial charge in [0.05, 0.1) is 19.1 Å². The summed E-state index contributed by atoms with van der Waals surface area (Å²) >= 11 is 6.09. The minimum Gasteiger partial charge on any atom is -0.462 e. The highest BCUT2D eigenvalue weighted by molar-refractivity contribution is 7.52. The zero-order valence-electron chi connectivity index (χ0n) is 23.9. The lowest BCUT2D eigenvalue weighted by molar-refractivity contribution is -0.150. The van der Waals surface area contributed by atoms with Gasteiger partial charge >= 0.3 is 13.7 Å². The summed E-state index contributed by atoms with van der Waals surface area (Å²) < 4.78 is 51.7. The van der Waals surface area contributed by atoms with E-state index in [4.69, 9.17) is 30.1 Å². The van der Waals surface area contributed by atoms with Crippen LogP contribution in [0.15, 0.2) is 60.8 Å². The molecular formula is C29H33ClFN2O9P. The number of esters is 1. The fraction of sp³-hybridized carbons (Fsp3) is 0.414. The number of rotatable bonds is 11. The van der Waals surface area contributed by atoms with Crippen LogP contribution in [0.4, 0.5) is 4.39 Å². The van der Waals surface area contributed by atoms with Gasteiger partial charge in [-0.2, -0.15) is 5.09 Å². The first-order valence-electron chi connectivity index (χ1n) is 13.5. The number of carbonyl (C=O) groups excluding carboxylic acids is 3. The Labute approximate surface area is 253 Å². The van der Waals surface area contributed by atoms with E-state index in [-0.39, 0.29) is 5.75 Å². The second-order valence-electron chi connectivity index (χ2n) is 10.6. The lowest BCUT2D eigenvalue weighted by Gasteiger charge is -2.32. The van der Waals surface area contributed by atoms with E-state index in [9.17, 15) is 24.1 Å². The number of aliphatic hydroxyl groups excluding tert-OH is 1. The second kappa shape index (κ2) is 13.3. The molecule has 2 aliphatic rings. The maximum absolute atomic E-state index is 15.7. The van der Waals surface area contributed by atoms with Crippen LogP contribution in [0.1, 0.15) is 34.1 Å². The highest BCUT2D eigenvalue weighted by atomic mass is 35.5. The molecule has 14 heteroatoms. The first-order chi connectivity index (χ1) is 20.2. The van der Waals surface area contributed by atoms with E-state index in [1.54, 1.807) is 44.2 Å². The summed E-state index contributed by atoms with van der Waals surface area (Å²) in [6.45, 7) is 5.09. The van der Waals surface area contributed by atoms with E-state index >= 15 is 4.39 Å². The topological polar surface area (TPSA) is 141 Å². The predicted octanol–water partition coefficient (Wildman–Crippen LogP) is 4.57. The molecule has 1 fully saturated rings. The summed E-state index contributed by atoms with van der Waals surface area (Å²) in [5, 5.41) is 13.8. The molecule has 11 nitrogen and oxygen atoms in total. The summed E-state index contributed by atoms with van der Waals surface area (Å²) in [5.74, 6) is -1.77. The van der Waals surface area contributed by atoms with Gasteiger partial charge in [0.25, 0.3) is 0 Å². The van der Waals surface area contributed by atoms with Gasteiger partial charge in [-0.3, -0.25) is 23.8 Å². The van der Waals surface area contributed by atoms with E-state index < -0.39 is 74.7 Å². The van der Waals surface area contributed by atoms with Gasteiger partial charge in [0.15, 0.2) is 17.7 Å². The Morgan fingerprint density at radius 3 is 2.53 bits per heavy atom. The third kappa shape index (κ3) is 7.89. The molecule has 2 heterocycles. The third-order valence-electron chi connectivity index (χ3n) is 6.71. The van der Waals surface area contributed by atoms with Crippen LogP contribution in [0.2, 0.25) is 5.02 Å². The van der Waals surface area contributed by atoms with Gasteiger partial charge < -0.3 is 19.1 Å². The average molecular weight is 639 g/mol. The summed E-state index contributed by atoms with van der Waals surface area (Å²) in [4.78, 5) is 37.3. The van der Waals surface area contributed by atoms with Crippen molar-refractivity contribution in [2.24, 2.45) is 0 Å². The molecule has 0 radical (unpaired) electrons. The van der Waals surface area contributed by atoms with Crippen molar-refractivity contribution in [3.63, 3.8) is 0 Å². The highest BCUT2D eigenvalue weighted by Crippen LogP contribution is 2.47. The minimum absolute atomic E-state index is 0.112. The van der Waals surface area contributed by atoms with E-state index in [2.05, 4.69) is 5.09 Å². The van der Waals surface area contributed by atoms with Gasteiger partial charge in [0.1, 0.15) is 24.0 Å². The molecule has 0 aliphatic carbocycles. The van der Waals surface area contributed by atoms with Crippen LogP contribution in [0, 0.1) is 0 Å². The lowest BCUT2D eigenvalue weighted by Crippen LogP contribution is -2.51. The molecule has 0 aromatic heterocycles. The first kappa shape index (κ1) is 32.8. The molecule has 0 bridgehead atoms. The number of amides is 1. The quantitative estimate of drug-likeness (QED) is 0.204. The molecule has 1 amide bonds. The molecule has 0 spiro atoms. The van der Waals surface area contributed by atoms with Crippen molar-refractivity contribution in [3.05, 3.63) is 65.8 Å². The van der Waals surface area contributed by atoms with Crippen LogP contribution >= 0.6 is 19.3 Å². The average Bonchev–Trinajstić information content (AvgIpc) is 3.15. The van der Waals surface area contributed by atoms with Crippen LogP contribution in [-0.2, 0) is 32.9 Å². The Kier molecular flexibility index (Phi) is 10.1. The SMILES string of the molecule is CC(C)OC(=O)[C@H](C)NP(=O)(OC[C@H]1O[C@@H](N2C=CC(=O)CC2=O)[C@](C)(F)[C@@H]1O)Oc1ccc(-c2cccc(Cl)c2)cc1. The number of aliphatic hydroxyl groups is 1. The fourth-order valence-corrected chi connectivity index (χ4v) is 6.20. The van der Waals surface area contributed by atoms with Crippen molar-refractivity contribution in [1.82, 2.24) is 9.99 Å². The van der Waals surface area contributed by atoms with E-state index in [1.165, 1.54) is 19.1 Å². The molecule has 1 unspecified atom stereocenters. The second-order valence-corrected chi connectivity index (χ2v) is 12.8. The molecule has 2 aromatic carbocycles. The zero-order chi connectivity index (χ0) is 31.5. The fourth-order valence-electron chi connectivity index (χ4n) is 4.51. The minimum atomic E-state index is -4.41. The molecule has 2 aromatic rings. The Hall–Kier alpha value is -3.12. The Morgan fingerprint density at radius 1 is 1.21 bits per heavy atom. The molecule has 4 rings (SSSR count). The van der Waals surface area contributed by atoms with Crippen molar-refractivity contribution >= 4 is 37.0 Å². The molecule has 2 N–H and O–H groups in total. The molecule has 43 heavy (non-hydrogen) atoms. The molecular weight excluding hydrogens is 606 g/mol. The molecule has 6 atom stereocenters. The molecule has 232 valence electrons.